The minimum Gasteiger partial charge on any atom is -0.497 e. The third-order valence-corrected chi connectivity index (χ3v) is 4.04. The quantitative estimate of drug-likeness (QED) is 0.810. The molecule has 134 valence electrons. The average molecular weight is 354 g/mol. The Labute approximate surface area is 151 Å². The summed E-state index contributed by atoms with van der Waals surface area (Å²) in [6, 6.07) is 11.6. The normalized spacial score (nSPS) is 15.0. The zero-order valence-electron chi connectivity index (χ0n) is 14.6. The van der Waals surface area contributed by atoms with Gasteiger partial charge >= 0.3 is 0 Å². The van der Waals surface area contributed by atoms with Crippen molar-refractivity contribution in [3.05, 3.63) is 65.1 Å². The topological polar surface area (TPSA) is 59.9 Å². The van der Waals surface area contributed by atoms with Gasteiger partial charge in [0.25, 0.3) is 5.91 Å². The fourth-order valence-electron chi connectivity index (χ4n) is 2.65. The Hall–Kier alpha value is -3.15. The summed E-state index contributed by atoms with van der Waals surface area (Å²) in [5, 5.41) is 2.77. The Balaban J connectivity index is 1.77. The zero-order chi connectivity index (χ0) is 18.5. The molecule has 2 aromatic rings. The van der Waals surface area contributed by atoms with E-state index in [1.54, 1.807) is 50.6 Å². The lowest BCUT2D eigenvalue weighted by molar-refractivity contribution is -0.115. The van der Waals surface area contributed by atoms with Crippen LogP contribution in [0, 0.1) is 5.82 Å². The van der Waals surface area contributed by atoms with Crippen molar-refractivity contribution in [1.82, 2.24) is 5.32 Å². The van der Waals surface area contributed by atoms with E-state index < -0.39 is 0 Å². The van der Waals surface area contributed by atoms with Crippen LogP contribution < -0.4 is 14.8 Å². The van der Waals surface area contributed by atoms with Crippen LogP contribution in [0.15, 0.2) is 53.2 Å². The Morgan fingerprint density at radius 3 is 2.54 bits per heavy atom. The second-order valence-electron chi connectivity index (χ2n) is 5.78. The van der Waals surface area contributed by atoms with Gasteiger partial charge in [-0.15, -0.1) is 0 Å². The van der Waals surface area contributed by atoms with Crippen molar-refractivity contribution >= 4 is 17.8 Å². The number of nitrogens with zero attached hydrogens (tertiary/aromatic N) is 1. The van der Waals surface area contributed by atoms with Crippen LogP contribution in [-0.2, 0) is 11.2 Å². The summed E-state index contributed by atoms with van der Waals surface area (Å²) < 4.78 is 23.5. The van der Waals surface area contributed by atoms with E-state index in [1.165, 1.54) is 12.1 Å². The predicted octanol–water partition coefficient (Wildman–Crippen LogP) is 3.34. The number of benzene rings is 2. The van der Waals surface area contributed by atoms with Gasteiger partial charge in [0.1, 0.15) is 28.8 Å². The van der Waals surface area contributed by atoms with Gasteiger partial charge in [-0.3, -0.25) is 4.79 Å². The van der Waals surface area contributed by atoms with Crippen molar-refractivity contribution < 1.29 is 18.7 Å². The standard InChI is InChI=1S/C20H19FN2O3/c1-25-16-8-9-18(26-2)14(11-16)12-17-20(24)23-19(22-17)10-5-13-3-6-15(21)7-4-13/h3-4,6-9,11-12H,5,10H2,1-2H3,(H,22,23,24)/b17-12-. The third-order valence-electron chi connectivity index (χ3n) is 4.04. The highest BCUT2D eigenvalue weighted by Crippen LogP contribution is 2.27. The largest absolute Gasteiger partial charge is 0.497 e. The molecule has 0 saturated heterocycles. The predicted molar refractivity (Wildman–Crippen MR) is 97.8 cm³/mol. The number of ether oxygens (including phenoxy) is 2. The van der Waals surface area contributed by atoms with Crippen LogP contribution in [0.4, 0.5) is 4.39 Å². The number of aliphatic imine (C=N–C) groups is 1. The second-order valence-corrected chi connectivity index (χ2v) is 5.78. The Morgan fingerprint density at radius 2 is 1.85 bits per heavy atom. The summed E-state index contributed by atoms with van der Waals surface area (Å²) in [7, 11) is 3.14. The number of aryl methyl sites for hydroxylation is 1. The number of amidine groups is 1. The molecular weight excluding hydrogens is 335 g/mol. The van der Waals surface area contributed by atoms with E-state index in [-0.39, 0.29) is 11.7 Å². The Kier molecular flexibility index (Phi) is 5.31. The van der Waals surface area contributed by atoms with Gasteiger partial charge in [-0.2, -0.15) is 0 Å². The smallest absolute Gasteiger partial charge is 0.275 e. The molecule has 1 amide bonds. The molecule has 0 aromatic heterocycles. The highest BCUT2D eigenvalue weighted by Gasteiger charge is 2.20. The maximum absolute atomic E-state index is 12.9. The first-order valence-electron chi connectivity index (χ1n) is 8.16. The Morgan fingerprint density at radius 1 is 1.08 bits per heavy atom. The molecule has 2 aromatic carbocycles. The van der Waals surface area contributed by atoms with Crippen molar-refractivity contribution in [1.29, 1.82) is 0 Å². The van der Waals surface area contributed by atoms with Crippen molar-refractivity contribution in [2.24, 2.45) is 4.99 Å². The summed E-state index contributed by atoms with van der Waals surface area (Å²) in [5.74, 6) is 1.35. The second kappa shape index (κ2) is 7.82. The van der Waals surface area contributed by atoms with E-state index in [9.17, 15) is 9.18 Å². The molecular formula is C20H19FN2O3. The van der Waals surface area contributed by atoms with Gasteiger partial charge in [0.15, 0.2) is 0 Å². The van der Waals surface area contributed by atoms with Crippen LogP contribution >= 0.6 is 0 Å². The molecule has 26 heavy (non-hydrogen) atoms. The van der Waals surface area contributed by atoms with Gasteiger partial charge in [-0.1, -0.05) is 12.1 Å². The molecule has 3 rings (SSSR count). The summed E-state index contributed by atoms with van der Waals surface area (Å²) in [6.07, 6.45) is 2.89. The number of hydrogen-bond acceptors (Lipinski definition) is 4. The average Bonchev–Trinajstić information content (AvgIpc) is 3.00. The molecule has 0 aliphatic carbocycles. The summed E-state index contributed by atoms with van der Waals surface area (Å²) in [5.41, 5.74) is 2.00. The molecule has 0 radical (unpaired) electrons. The third kappa shape index (κ3) is 4.08. The van der Waals surface area contributed by atoms with Crippen molar-refractivity contribution in [3.8, 4) is 11.5 Å². The summed E-state index contributed by atoms with van der Waals surface area (Å²) in [4.78, 5) is 16.6. The molecule has 5 nitrogen and oxygen atoms in total. The first-order valence-corrected chi connectivity index (χ1v) is 8.16. The molecule has 0 bridgehead atoms. The number of rotatable bonds is 6. The molecule has 0 atom stereocenters. The number of amides is 1. The monoisotopic (exact) mass is 354 g/mol. The number of halogens is 1. The van der Waals surface area contributed by atoms with Crippen molar-refractivity contribution in [2.75, 3.05) is 14.2 Å². The summed E-state index contributed by atoms with van der Waals surface area (Å²) >= 11 is 0. The highest BCUT2D eigenvalue weighted by molar-refractivity contribution is 6.14. The van der Waals surface area contributed by atoms with Crippen LogP contribution in [0.5, 0.6) is 11.5 Å². The lowest BCUT2D eigenvalue weighted by Gasteiger charge is -2.07. The molecule has 1 heterocycles. The minimum atomic E-state index is -0.266. The maximum atomic E-state index is 12.9. The molecule has 0 unspecified atom stereocenters. The van der Waals surface area contributed by atoms with Crippen molar-refractivity contribution in [2.45, 2.75) is 12.8 Å². The maximum Gasteiger partial charge on any atom is 0.275 e. The van der Waals surface area contributed by atoms with Gasteiger partial charge in [0, 0.05) is 12.0 Å². The molecule has 6 heteroatoms. The van der Waals surface area contributed by atoms with Gasteiger partial charge in [0.2, 0.25) is 0 Å². The highest BCUT2D eigenvalue weighted by atomic mass is 19.1. The van der Waals surface area contributed by atoms with Gasteiger partial charge < -0.3 is 14.8 Å². The van der Waals surface area contributed by atoms with E-state index in [4.69, 9.17) is 9.47 Å². The fourth-order valence-corrected chi connectivity index (χ4v) is 2.65. The fraction of sp³-hybridized carbons (Fsp3) is 0.200. The van der Waals surface area contributed by atoms with E-state index in [2.05, 4.69) is 10.3 Å². The number of methoxy groups -OCH3 is 2. The van der Waals surface area contributed by atoms with E-state index in [0.717, 1.165) is 5.56 Å². The zero-order valence-corrected chi connectivity index (χ0v) is 14.6. The molecule has 0 fully saturated rings. The number of nitrogens with one attached hydrogen (secondary N) is 1. The van der Waals surface area contributed by atoms with Gasteiger partial charge in [-0.25, -0.2) is 9.38 Å². The molecule has 1 aliphatic rings. The molecule has 1 N–H and O–H groups in total. The SMILES string of the molecule is COc1ccc(OC)c(/C=C2\N=C(CCc3ccc(F)cc3)NC2=O)c1. The minimum absolute atomic E-state index is 0.260. The van der Waals surface area contributed by atoms with E-state index in [1.807, 2.05) is 0 Å². The number of hydrogen-bond donors (Lipinski definition) is 1. The van der Waals surface area contributed by atoms with Crippen LogP contribution in [0.25, 0.3) is 6.08 Å². The lowest BCUT2D eigenvalue weighted by Crippen LogP contribution is -2.24. The number of carbonyl (C=O) groups excluding carboxylic acids is 1. The number of carbonyl (C=O) groups is 1. The van der Waals surface area contributed by atoms with Crippen LogP contribution in [0.3, 0.4) is 0 Å². The Bertz CT molecular complexity index is 873. The summed E-state index contributed by atoms with van der Waals surface area (Å²) in [6.45, 7) is 0. The van der Waals surface area contributed by atoms with Crippen molar-refractivity contribution in [3.63, 3.8) is 0 Å². The first kappa shape index (κ1) is 17.7. The van der Waals surface area contributed by atoms with E-state index >= 15 is 0 Å². The van der Waals surface area contributed by atoms with Crippen LogP contribution in [-0.4, -0.2) is 26.0 Å². The van der Waals surface area contributed by atoms with Gasteiger partial charge in [0.05, 0.1) is 14.2 Å². The first-order chi connectivity index (χ1) is 12.6. The lowest BCUT2D eigenvalue weighted by atomic mass is 10.1. The van der Waals surface area contributed by atoms with Crippen LogP contribution in [0.2, 0.25) is 0 Å². The van der Waals surface area contributed by atoms with Gasteiger partial charge in [-0.05, 0) is 48.4 Å². The van der Waals surface area contributed by atoms with E-state index in [0.29, 0.717) is 41.4 Å². The molecule has 1 aliphatic heterocycles. The van der Waals surface area contributed by atoms with Crippen LogP contribution in [0.1, 0.15) is 17.5 Å². The molecule has 0 saturated carbocycles. The molecule has 0 spiro atoms.